The molecule has 0 saturated carbocycles. The summed E-state index contributed by atoms with van der Waals surface area (Å²) >= 11 is 0. The number of ether oxygens (including phenoxy) is 2. The SMILES string of the molecule is CC(C)(C)OC(=O)N(CC1CNC(=O)O1)c1ccon1. The van der Waals surface area contributed by atoms with E-state index in [2.05, 4.69) is 10.5 Å². The number of alkyl carbamates (subject to hydrolysis) is 1. The number of amides is 2. The van der Waals surface area contributed by atoms with E-state index < -0.39 is 23.9 Å². The lowest BCUT2D eigenvalue weighted by Crippen LogP contribution is -2.42. The average Bonchev–Trinajstić information content (AvgIpc) is 2.94. The zero-order valence-electron chi connectivity index (χ0n) is 11.6. The number of hydrogen-bond acceptors (Lipinski definition) is 6. The van der Waals surface area contributed by atoms with Gasteiger partial charge >= 0.3 is 12.2 Å². The average molecular weight is 283 g/mol. The summed E-state index contributed by atoms with van der Waals surface area (Å²) in [5, 5.41) is 6.24. The lowest BCUT2D eigenvalue weighted by molar-refractivity contribution is 0.0556. The zero-order chi connectivity index (χ0) is 14.8. The molecule has 0 spiro atoms. The van der Waals surface area contributed by atoms with Crippen molar-refractivity contribution in [2.75, 3.05) is 18.0 Å². The van der Waals surface area contributed by atoms with Crippen LogP contribution in [0.2, 0.25) is 0 Å². The molecule has 2 amide bonds. The highest BCUT2D eigenvalue weighted by Gasteiger charge is 2.31. The van der Waals surface area contributed by atoms with Gasteiger partial charge < -0.3 is 19.3 Å². The fourth-order valence-corrected chi connectivity index (χ4v) is 1.66. The van der Waals surface area contributed by atoms with Gasteiger partial charge in [0.15, 0.2) is 5.82 Å². The molecule has 1 aromatic heterocycles. The Labute approximate surface area is 116 Å². The summed E-state index contributed by atoms with van der Waals surface area (Å²) < 4.78 is 15.1. The van der Waals surface area contributed by atoms with Crippen LogP contribution in [0.15, 0.2) is 16.9 Å². The van der Waals surface area contributed by atoms with Gasteiger partial charge in [0.2, 0.25) is 0 Å². The number of rotatable bonds is 3. The molecule has 0 radical (unpaired) electrons. The minimum Gasteiger partial charge on any atom is -0.443 e. The maximum atomic E-state index is 12.2. The molecular formula is C12H17N3O5. The smallest absolute Gasteiger partial charge is 0.416 e. The van der Waals surface area contributed by atoms with Gasteiger partial charge in [0.1, 0.15) is 18.0 Å². The molecule has 1 atom stereocenters. The second-order valence-electron chi connectivity index (χ2n) is 5.36. The van der Waals surface area contributed by atoms with Crippen LogP contribution in [0.3, 0.4) is 0 Å². The van der Waals surface area contributed by atoms with Crippen LogP contribution in [0.4, 0.5) is 15.4 Å². The van der Waals surface area contributed by atoms with Gasteiger partial charge in [0.25, 0.3) is 0 Å². The van der Waals surface area contributed by atoms with Gasteiger partial charge in [0.05, 0.1) is 13.1 Å². The van der Waals surface area contributed by atoms with Crippen LogP contribution in [0.5, 0.6) is 0 Å². The Balaban J connectivity index is 2.09. The predicted molar refractivity (Wildman–Crippen MR) is 68.4 cm³/mol. The van der Waals surface area contributed by atoms with Crippen molar-refractivity contribution >= 4 is 18.0 Å². The number of anilines is 1. The zero-order valence-corrected chi connectivity index (χ0v) is 11.6. The van der Waals surface area contributed by atoms with Gasteiger partial charge in [0, 0.05) is 6.07 Å². The molecule has 8 heteroatoms. The Morgan fingerprint density at radius 1 is 1.60 bits per heavy atom. The van der Waals surface area contributed by atoms with Crippen molar-refractivity contribution in [1.29, 1.82) is 0 Å². The topological polar surface area (TPSA) is 93.9 Å². The first-order chi connectivity index (χ1) is 9.35. The number of aromatic nitrogens is 1. The molecule has 1 fully saturated rings. The third kappa shape index (κ3) is 3.62. The minimum atomic E-state index is -0.635. The normalized spacial score (nSPS) is 18.4. The van der Waals surface area contributed by atoms with E-state index in [1.807, 2.05) is 0 Å². The third-order valence-corrected chi connectivity index (χ3v) is 2.45. The van der Waals surface area contributed by atoms with Crippen LogP contribution in [0.1, 0.15) is 20.8 Å². The Kier molecular flexibility index (Phi) is 3.82. The van der Waals surface area contributed by atoms with E-state index in [9.17, 15) is 9.59 Å². The monoisotopic (exact) mass is 283 g/mol. The van der Waals surface area contributed by atoms with E-state index in [-0.39, 0.29) is 6.54 Å². The Morgan fingerprint density at radius 3 is 2.85 bits per heavy atom. The maximum Gasteiger partial charge on any atom is 0.416 e. The highest BCUT2D eigenvalue weighted by molar-refractivity contribution is 5.86. The number of nitrogens with one attached hydrogen (secondary N) is 1. The molecule has 1 unspecified atom stereocenters. The number of hydrogen-bond donors (Lipinski definition) is 1. The highest BCUT2D eigenvalue weighted by atomic mass is 16.6. The number of carbonyl (C=O) groups excluding carboxylic acids is 2. The van der Waals surface area contributed by atoms with E-state index in [0.717, 1.165) is 0 Å². The fraction of sp³-hybridized carbons (Fsp3) is 0.583. The minimum absolute atomic E-state index is 0.139. The molecule has 0 aliphatic carbocycles. The lowest BCUT2D eigenvalue weighted by Gasteiger charge is -2.26. The summed E-state index contributed by atoms with van der Waals surface area (Å²) in [5.74, 6) is 0.308. The van der Waals surface area contributed by atoms with Crippen molar-refractivity contribution in [1.82, 2.24) is 10.5 Å². The Hall–Kier alpha value is -2.25. The van der Waals surface area contributed by atoms with E-state index in [1.165, 1.54) is 17.2 Å². The van der Waals surface area contributed by atoms with Crippen molar-refractivity contribution in [3.63, 3.8) is 0 Å². The second kappa shape index (κ2) is 5.40. The quantitative estimate of drug-likeness (QED) is 0.904. The maximum absolute atomic E-state index is 12.2. The number of nitrogens with zero attached hydrogens (tertiary/aromatic N) is 2. The molecule has 20 heavy (non-hydrogen) atoms. The van der Waals surface area contributed by atoms with Crippen LogP contribution in [-0.2, 0) is 9.47 Å². The summed E-state index contributed by atoms with van der Waals surface area (Å²) in [6, 6.07) is 1.54. The molecule has 8 nitrogen and oxygen atoms in total. The van der Waals surface area contributed by atoms with Crippen LogP contribution >= 0.6 is 0 Å². The molecule has 1 aliphatic rings. The molecule has 0 bridgehead atoms. The van der Waals surface area contributed by atoms with Crippen molar-refractivity contribution in [3.8, 4) is 0 Å². The van der Waals surface area contributed by atoms with Crippen LogP contribution in [0, 0.1) is 0 Å². The fourth-order valence-electron chi connectivity index (χ4n) is 1.66. The molecule has 0 aromatic carbocycles. The van der Waals surface area contributed by atoms with Crippen molar-refractivity contribution in [3.05, 3.63) is 12.3 Å². The summed E-state index contributed by atoms with van der Waals surface area (Å²) in [4.78, 5) is 24.5. The van der Waals surface area contributed by atoms with Gasteiger partial charge in [-0.05, 0) is 20.8 Å². The molecular weight excluding hydrogens is 266 g/mol. The summed E-state index contributed by atoms with van der Waals surface area (Å²) in [6.45, 7) is 5.77. The van der Waals surface area contributed by atoms with Crippen molar-refractivity contribution in [2.45, 2.75) is 32.5 Å². The van der Waals surface area contributed by atoms with Crippen molar-refractivity contribution < 1.29 is 23.6 Å². The molecule has 110 valence electrons. The van der Waals surface area contributed by atoms with E-state index >= 15 is 0 Å². The number of cyclic esters (lactones) is 1. The van der Waals surface area contributed by atoms with Gasteiger partial charge in [-0.15, -0.1) is 0 Å². The summed E-state index contributed by atoms with van der Waals surface area (Å²) in [6.07, 6.45) is -0.175. The highest BCUT2D eigenvalue weighted by Crippen LogP contribution is 2.18. The Bertz CT molecular complexity index is 480. The van der Waals surface area contributed by atoms with Crippen molar-refractivity contribution in [2.24, 2.45) is 0 Å². The standard InChI is InChI=1S/C12H17N3O5/c1-12(2,3)20-11(17)15(9-4-5-18-14-9)7-8-6-13-10(16)19-8/h4-5,8H,6-7H2,1-3H3,(H,13,16). The van der Waals surface area contributed by atoms with E-state index in [1.54, 1.807) is 20.8 Å². The molecule has 1 aromatic rings. The van der Waals surface area contributed by atoms with E-state index in [0.29, 0.717) is 12.4 Å². The molecule has 1 N–H and O–H groups in total. The predicted octanol–water partition coefficient (Wildman–Crippen LogP) is 1.52. The lowest BCUT2D eigenvalue weighted by atomic mass is 10.2. The molecule has 1 saturated heterocycles. The third-order valence-electron chi connectivity index (χ3n) is 2.45. The van der Waals surface area contributed by atoms with Gasteiger partial charge in [-0.3, -0.25) is 4.90 Å². The molecule has 2 heterocycles. The van der Waals surface area contributed by atoms with E-state index in [4.69, 9.17) is 14.0 Å². The number of carbonyl (C=O) groups is 2. The molecule has 2 rings (SSSR count). The first kappa shape index (κ1) is 14.2. The van der Waals surface area contributed by atoms with Crippen LogP contribution in [0.25, 0.3) is 0 Å². The van der Waals surface area contributed by atoms with Crippen LogP contribution in [-0.4, -0.2) is 42.1 Å². The summed E-state index contributed by atoms with van der Waals surface area (Å²) in [7, 11) is 0. The second-order valence-corrected chi connectivity index (χ2v) is 5.36. The van der Waals surface area contributed by atoms with Crippen LogP contribution < -0.4 is 10.2 Å². The van der Waals surface area contributed by atoms with Gasteiger partial charge in [-0.1, -0.05) is 5.16 Å². The summed E-state index contributed by atoms with van der Waals surface area (Å²) in [5.41, 5.74) is -0.635. The first-order valence-electron chi connectivity index (χ1n) is 6.20. The molecule has 1 aliphatic heterocycles. The van der Waals surface area contributed by atoms with Gasteiger partial charge in [-0.25, -0.2) is 9.59 Å². The van der Waals surface area contributed by atoms with Gasteiger partial charge in [-0.2, -0.15) is 0 Å². The first-order valence-corrected chi connectivity index (χ1v) is 6.20. The Morgan fingerprint density at radius 2 is 2.35 bits per heavy atom. The largest absolute Gasteiger partial charge is 0.443 e.